The number of fused-ring (bicyclic) bond motifs is 2. The molecular formula is C60H61BN6NaO4. The summed E-state index contributed by atoms with van der Waals surface area (Å²) in [5.74, 6) is 1.55. The first-order valence-electron chi connectivity index (χ1n) is 24.3. The minimum Gasteiger partial charge on any atom is -1.00 e. The van der Waals surface area contributed by atoms with E-state index in [1.807, 2.05) is 132 Å². The van der Waals surface area contributed by atoms with Crippen LogP contribution in [-0.4, -0.2) is 61.3 Å². The number of hydrogen-bond acceptors (Lipinski definition) is 8. The van der Waals surface area contributed by atoms with Crippen LogP contribution < -0.4 is 40.7 Å². The number of nitrogens with zero attached hydrogens (tertiary/aromatic N) is 6. The van der Waals surface area contributed by atoms with Crippen LogP contribution in [0.2, 0.25) is 0 Å². The third-order valence-electron chi connectivity index (χ3n) is 13.6. The molecule has 0 saturated carbocycles. The van der Waals surface area contributed by atoms with Gasteiger partial charge >= 0.3 is 29.6 Å². The van der Waals surface area contributed by atoms with Gasteiger partial charge in [-0.05, 0) is 66.6 Å². The van der Waals surface area contributed by atoms with Crippen molar-refractivity contribution in [3.8, 4) is 0 Å². The van der Waals surface area contributed by atoms with Crippen molar-refractivity contribution >= 4 is 14.2 Å². The summed E-state index contributed by atoms with van der Waals surface area (Å²) in [5.41, 5.74) is 11.6. The molecule has 0 aliphatic carbocycles. The molecule has 12 heteroatoms. The van der Waals surface area contributed by atoms with Gasteiger partial charge in [-0.3, -0.25) is 33.3 Å². The van der Waals surface area contributed by atoms with Gasteiger partial charge in [0.1, 0.15) is 11.6 Å². The van der Waals surface area contributed by atoms with E-state index in [4.69, 9.17) is 9.97 Å². The number of benzene rings is 6. The van der Waals surface area contributed by atoms with Crippen molar-refractivity contribution in [2.24, 2.45) is 0 Å². The average Bonchev–Trinajstić information content (AvgIpc) is 3.38. The Labute approximate surface area is 448 Å². The number of aromatic nitrogens is 4. The quantitative estimate of drug-likeness (QED) is 0.109. The molecule has 1 N–H and O–H groups in total. The standard InChI is InChI=1S/C30H31N3O2.C30H29N3O2.B.Na.H/c2*1-21(34)24-15-13-23(14-16-24)19-32-18-17-28-27(20-32)30(35)33(22(2)31-28)29(25-9-5-3-6-10-25)26-11-7-4-8-12-26;;;/h3-16,21,29,34H,17-20H2,1-2H3;3-16,29H,17-20H2,1-2H3;;;/q;;;+1;-1. The fourth-order valence-electron chi connectivity index (χ4n) is 9.99. The summed E-state index contributed by atoms with van der Waals surface area (Å²) in [4.78, 5) is 54.0. The molecule has 2 aliphatic rings. The molecule has 2 aliphatic heterocycles. The first-order chi connectivity index (χ1) is 34.0. The Morgan fingerprint density at radius 3 is 1.19 bits per heavy atom. The van der Waals surface area contributed by atoms with Crippen LogP contribution in [0.25, 0.3) is 0 Å². The Bertz CT molecular complexity index is 3120. The van der Waals surface area contributed by atoms with E-state index >= 15 is 0 Å². The largest absolute Gasteiger partial charge is 1.00 e. The fraction of sp³-hybridized carbons (Fsp3) is 0.250. The molecule has 359 valence electrons. The monoisotopic (exact) mass is 963 g/mol. The number of carbonyl (C=O) groups is 1. The first kappa shape index (κ1) is 53.5. The van der Waals surface area contributed by atoms with Crippen molar-refractivity contribution in [3.63, 3.8) is 0 Å². The third kappa shape index (κ3) is 12.1. The molecule has 6 aromatic carbocycles. The van der Waals surface area contributed by atoms with Gasteiger partial charge in [0, 0.05) is 66.1 Å². The van der Waals surface area contributed by atoms with Crippen LogP contribution in [0, 0.1) is 13.8 Å². The Balaban J connectivity index is 0.000000229. The zero-order valence-electron chi connectivity index (χ0n) is 43.0. The average molecular weight is 964 g/mol. The molecule has 0 amide bonds. The zero-order chi connectivity index (χ0) is 48.7. The van der Waals surface area contributed by atoms with Gasteiger partial charge in [0.2, 0.25) is 0 Å². The minimum absolute atomic E-state index is 0. The molecule has 0 fully saturated rings. The smallest absolute Gasteiger partial charge is 1.00 e. The van der Waals surface area contributed by atoms with Crippen LogP contribution in [0.5, 0.6) is 0 Å². The molecule has 4 heterocycles. The molecule has 0 bridgehead atoms. The Hall–Kier alpha value is -6.31. The van der Waals surface area contributed by atoms with E-state index in [0.717, 1.165) is 107 Å². The second-order valence-electron chi connectivity index (χ2n) is 18.6. The maximum absolute atomic E-state index is 14.0. The molecule has 10 rings (SSSR count). The van der Waals surface area contributed by atoms with Gasteiger partial charge in [0.05, 0.1) is 40.7 Å². The molecule has 8 aromatic rings. The molecule has 1 unspecified atom stereocenters. The van der Waals surface area contributed by atoms with Gasteiger partial charge in [0.25, 0.3) is 11.1 Å². The molecule has 10 nitrogen and oxygen atoms in total. The fourth-order valence-corrected chi connectivity index (χ4v) is 9.99. The second-order valence-corrected chi connectivity index (χ2v) is 18.6. The van der Waals surface area contributed by atoms with Gasteiger partial charge in [0.15, 0.2) is 5.78 Å². The molecule has 72 heavy (non-hydrogen) atoms. The predicted molar refractivity (Wildman–Crippen MR) is 283 cm³/mol. The topological polar surface area (TPSA) is 114 Å². The second kappa shape index (κ2) is 24.4. The van der Waals surface area contributed by atoms with Crippen LogP contribution >= 0.6 is 0 Å². The van der Waals surface area contributed by atoms with Crippen molar-refractivity contribution in [1.29, 1.82) is 0 Å². The van der Waals surface area contributed by atoms with Crippen molar-refractivity contribution in [3.05, 3.63) is 269 Å². The van der Waals surface area contributed by atoms with Crippen LogP contribution in [0.4, 0.5) is 0 Å². The molecule has 2 aromatic heterocycles. The summed E-state index contributed by atoms with van der Waals surface area (Å²) >= 11 is 0. The van der Waals surface area contributed by atoms with Gasteiger partial charge in [-0.1, -0.05) is 170 Å². The van der Waals surface area contributed by atoms with Gasteiger partial charge in [-0.25, -0.2) is 9.97 Å². The Morgan fingerprint density at radius 1 is 0.542 bits per heavy atom. The normalized spacial score (nSPS) is 13.7. The summed E-state index contributed by atoms with van der Waals surface area (Å²) in [6, 6.07) is 56.0. The van der Waals surface area contributed by atoms with E-state index < -0.39 is 6.10 Å². The van der Waals surface area contributed by atoms with Gasteiger partial charge in [-0.15, -0.1) is 0 Å². The maximum atomic E-state index is 14.0. The molecular weight excluding hydrogens is 902 g/mol. The van der Waals surface area contributed by atoms with Crippen molar-refractivity contribution in [2.75, 3.05) is 13.1 Å². The van der Waals surface area contributed by atoms with Gasteiger partial charge < -0.3 is 6.53 Å². The maximum Gasteiger partial charge on any atom is 1.00 e. The van der Waals surface area contributed by atoms with E-state index in [0.29, 0.717) is 18.7 Å². The summed E-state index contributed by atoms with van der Waals surface area (Å²) in [6.45, 7) is 11.6. The van der Waals surface area contributed by atoms with Crippen LogP contribution in [0.15, 0.2) is 179 Å². The van der Waals surface area contributed by atoms with Crippen molar-refractivity contribution in [1.82, 2.24) is 28.9 Å². The number of ketones is 1. The third-order valence-corrected chi connectivity index (χ3v) is 13.6. The number of aliphatic hydroxyl groups is 1. The van der Waals surface area contributed by atoms with E-state index in [2.05, 4.69) is 70.5 Å². The number of rotatable bonds is 12. The van der Waals surface area contributed by atoms with Crippen LogP contribution in [0.1, 0.15) is 117 Å². The number of aliphatic hydroxyl groups excluding tert-OH is 1. The van der Waals surface area contributed by atoms with Crippen molar-refractivity contribution in [2.45, 2.75) is 84.9 Å². The summed E-state index contributed by atoms with van der Waals surface area (Å²) < 4.78 is 3.72. The first-order valence-corrected chi connectivity index (χ1v) is 24.3. The number of hydrogen-bond donors (Lipinski definition) is 1. The minimum atomic E-state index is -0.471. The summed E-state index contributed by atoms with van der Waals surface area (Å²) in [6.07, 6.45) is 1.04. The van der Waals surface area contributed by atoms with Crippen molar-refractivity contribution < 1.29 is 40.9 Å². The number of aryl methyl sites for hydroxylation is 2. The van der Waals surface area contributed by atoms with E-state index in [1.165, 1.54) is 5.56 Å². The molecule has 0 saturated heterocycles. The van der Waals surface area contributed by atoms with E-state index in [1.54, 1.807) is 13.8 Å². The zero-order valence-corrected chi connectivity index (χ0v) is 44.0. The Kier molecular flexibility index (Phi) is 18.1. The SMILES string of the molecule is CC(=O)c1ccc(CN2CCc3nc(C)n(C(c4ccccc4)c4ccccc4)c(=O)c3C2)cc1.Cc1nc2c(c(=O)n1C(c1ccccc1)c1ccccc1)CN(Cc1ccc(C(C)O)cc1)CC2.[B].[H-].[Na+]. The van der Waals surface area contributed by atoms with Crippen LogP contribution in [0.3, 0.4) is 0 Å². The van der Waals surface area contributed by atoms with Crippen LogP contribution in [-0.2, 0) is 39.0 Å². The molecule has 0 spiro atoms. The summed E-state index contributed by atoms with van der Waals surface area (Å²) in [7, 11) is 0. The number of Topliss-reactive ketones (excluding diaryl/α,β-unsaturated/α-hetero) is 1. The van der Waals surface area contributed by atoms with E-state index in [9.17, 15) is 19.5 Å². The molecule has 3 radical (unpaired) electrons. The number of carbonyl (C=O) groups excluding carboxylic acids is 1. The van der Waals surface area contributed by atoms with Gasteiger partial charge in [-0.2, -0.15) is 0 Å². The van der Waals surface area contributed by atoms with E-state index in [-0.39, 0.29) is 68.4 Å². The predicted octanol–water partition coefficient (Wildman–Crippen LogP) is 6.49. The molecule has 1 atom stereocenters. The summed E-state index contributed by atoms with van der Waals surface area (Å²) in [5, 5.41) is 9.78. The Morgan fingerprint density at radius 2 is 0.875 bits per heavy atom.